The molecular weight excluding hydrogens is 247 g/mol. The summed E-state index contributed by atoms with van der Waals surface area (Å²) in [6, 6.07) is 7.35. The quantitative estimate of drug-likeness (QED) is 0.921. The molecule has 0 aliphatic carbocycles. The fourth-order valence-corrected chi connectivity index (χ4v) is 1.52. The Bertz CT molecular complexity index is 561. The number of rotatable bonds is 4. The molecule has 0 radical (unpaired) electrons. The lowest BCUT2D eigenvalue weighted by atomic mass is 10.1. The third kappa shape index (κ3) is 3.40. The van der Waals surface area contributed by atoms with Crippen LogP contribution in [0.1, 0.15) is 24.3 Å². The summed E-state index contributed by atoms with van der Waals surface area (Å²) >= 11 is 0. The lowest BCUT2D eigenvalue weighted by Crippen LogP contribution is -2.27. The average Bonchev–Trinajstić information content (AvgIpc) is 2.86. The van der Waals surface area contributed by atoms with Crippen molar-refractivity contribution in [1.29, 1.82) is 0 Å². The number of nitrogens with zero attached hydrogens (tertiary/aromatic N) is 1. The zero-order valence-electron chi connectivity index (χ0n) is 10.8. The maximum absolute atomic E-state index is 12.8. The van der Waals surface area contributed by atoms with E-state index in [1.54, 1.807) is 18.2 Å². The fraction of sp³-hybridized carbons (Fsp3) is 0.286. The molecule has 5 heteroatoms. The van der Waals surface area contributed by atoms with Crippen molar-refractivity contribution in [2.45, 2.75) is 13.8 Å². The summed E-state index contributed by atoms with van der Waals surface area (Å²) in [5.41, 5.74) is 0.900. The van der Waals surface area contributed by atoms with Gasteiger partial charge in [0.05, 0.1) is 0 Å². The van der Waals surface area contributed by atoms with Gasteiger partial charge in [-0.05, 0) is 30.2 Å². The van der Waals surface area contributed by atoms with Crippen LogP contribution in [0.4, 0.5) is 4.39 Å². The van der Waals surface area contributed by atoms with E-state index in [-0.39, 0.29) is 17.4 Å². The van der Waals surface area contributed by atoms with E-state index in [0.29, 0.717) is 23.8 Å². The van der Waals surface area contributed by atoms with Crippen LogP contribution in [0.15, 0.2) is 34.9 Å². The summed E-state index contributed by atoms with van der Waals surface area (Å²) in [5.74, 6) is 0.214. The molecule has 0 saturated heterocycles. The van der Waals surface area contributed by atoms with Crippen LogP contribution < -0.4 is 5.32 Å². The summed E-state index contributed by atoms with van der Waals surface area (Å²) in [6.07, 6.45) is 0. The summed E-state index contributed by atoms with van der Waals surface area (Å²) in [7, 11) is 0. The van der Waals surface area contributed by atoms with Gasteiger partial charge in [-0.15, -0.1) is 0 Å². The molecule has 0 unspecified atom stereocenters. The number of carbonyl (C=O) groups is 1. The summed E-state index contributed by atoms with van der Waals surface area (Å²) < 4.78 is 17.9. The second kappa shape index (κ2) is 5.65. The monoisotopic (exact) mass is 262 g/mol. The van der Waals surface area contributed by atoms with E-state index >= 15 is 0 Å². The van der Waals surface area contributed by atoms with E-state index in [2.05, 4.69) is 10.5 Å². The van der Waals surface area contributed by atoms with E-state index in [0.717, 1.165) is 0 Å². The Morgan fingerprint density at radius 2 is 2.05 bits per heavy atom. The maximum atomic E-state index is 12.8. The van der Waals surface area contributed by atoms with Crippen molar-refractivity contribution in [2.75, 3.05) is 6.54 Å². The predicted octanol–water partition coefficient (Wildman–Crippen LogP) is 2.87. The summed E-state index contributed by atoms with van der Waals surface area (Å²) in [5, 5.41) is 6.46. The average molecular weight is 262 g/mol. The highest BCUT2D eigenvalue weighted by molar-refractivity contribution is 5.93. The first-order valence-electron chi connectivity index (χ1n) is 6.07. The number of nitrogens with one attached hydrogen (secondary N) is 1. The van der Waals surface area contributed by atoms with Crippen molar-refractivity contribution in [3.63, 3.8) is 0 Å². The molecule has 19 heavy (non-hydrogen) atoms. The number of halogens is 1. The topological polar surface area (TPSA) is 55.1 Å². The van der Waals surface area contributed by atoms with Crippen molar-refractivity contribution in [2.24, 2.45) is 5.92 Å². The smallest absolute Gasteiger partial charge is 0.273 e. The lowest BCUT2D eigenvalue weighted by Gasteiger charge is -2.04. The van der Waals surface area contributed by atoms with E-state index in [4.69, 9.17) is 4.52 Å². The summed E-state index contributed by atoms with van der Waals surface area (Å²) in [4.78, 5) is 11.8. The molecule has 1 amide bonds. The van der Waals surface area contributed by atoms with Gasteiger partial charge in [0.2, 0.25) is 0 Å². The molecular formula is C14H15FN2O2. The van der Waals surface area contributed by atoms with Crippen molar-refractivity contribution in [3.05, 3.63) is 41.8 Å². The Kier molecular flexibility index (Phi) is 3.94. The molecule has 1 aromatic heterocycles. The molecule has 0 atom stereocenters. The van der Waals surface area contributed by atoms with Gasteiger partial charge in [-0.1, -0.05) is 19.0 Å². The first kappa shape index (κ1) is 13.3. The van der Waals surface area contributed by atoms with Gasteiger partial charge in [0.15, 0.2) is 11.5 Å². The third-order valence-corrected chi connectivity index (χ3v) is 2.54. The van der Waals surface area contributed by atoms with Crippen LogP contribution in [0, 0.1) is 11.7 Å². The van der Waals surface area contributed by atoms with E-state index in [9.17, 15) is 9.18 Å². The highest BCUT2D eigenvalue weighted by atomic mass is 19.1. The Morgan fingerprint density at radius 3 is 2.68 bits per heavy atom. The first-order valence-corrected chi connectivity index (χ1v) is 6.07. The molecule has 0 fully saturated rings. The molecule has 2 rings (SSSR count). The highest BCUT2D eigenvalue weighted by Crippen LogP contribution is 2.20. The minimum absolute atomic E-state index is 0.222. The minimum atomic E-state index is -0.321. The Morgan fingerprint density at radius 1 is 1.37 bits per heavy atom. The van der Waals surface area contributed by atoms with Gasteiger partial charge < -0.3 is 9.84 Å². The molecule has 0 spiro atoms. The SMILES string of the molecule is CC(C)CNC(=O)c1cc(-c2ccc(F)cc2)on1. The molecule has 1 N–H and O–H groups in total. The standard InChI is InChI=1S/C14H15FN2O2/c1-9(2)8-16-14(18)12-7-13(19-17-12)10-3-5-11(15)6-4-10/h3-7,9H,8H2,1-2H3,(H,16,18). The zero-order valence-corrected chi connectivity index (χ0v) is 10.8. The van der Waals surface area contributed by atoms with Crippen molar-refractivity contribution in [1.82, 2.24) is 10.5 Å². The fourth-order valence-electron chi connectivity index (χ4n) is 1.52. The number of aromatic nitrogens is 1. The van der Waals surface area contributed by atoms with Gasteiger partial charge in [0.1, 0.15) is 5.82 Å². The van der Waals surface area contributed by atoms with Crippen molar-refractivity contribution >= 4 is 5.91 Å². The number of benzene rings is 1. The van der Waals surface area contributed by atoms with E-state index in [1.807, 2.05) is 13.8 Å². The molecule has 0 aliphatic rings. The third-order valence-electron chi connectivity index (χ3n) is 2.54. The van der Waals surface area contributed by atoms with Crippen molar-refractivity contribution < 1.29 is 13.7 Å². The largest absolute Gasteiger partial charge is 0.355 e. The van der Waals surface area contributed by atoms with E-state index < -0.39 is 0 Å². The normalized spacial score (nSPS) is 10.7. The Labute approximate surface area is 110 Å². The van der Waals surface area contributed by atoms with Gasteiger partial charge in [-0.3, -0.25) is 4.79 Å². The van der Waals surface area contributed by atoms with Gasteiger partial charge in [-0.2, -0.15) is 0 Å². The second-order valence-electron chi connectivity index (χ2n) is 4.69. The molecule has 0 aliphatic heterocycles. The number of hydrogen-bond acceptors (Lipinski definition) is 3. The number of amides is 1. The van der Waals surface area contributed by atoms with Crippen LogP contribution in [0.3, 0.4) is 0 Å². The summed E-state index contributed by atoms with van der Waals surface area (Å²) in [6.45, 7) is 4.59. The van der Waals surface area contributed by atoms with Crippen LogP contribution >= 0.6 is 0 Å². The molecule has 2 aromatic rings. The molecule has 0 saturated carbocycles. The Balaban J connectivity index is 2.10. The zero-order chi connectivity index (χ0) is 13.8. The molecule has 100 valence electrons. The predicted molar refractivity (Wildman–Crippen MR) is 69.1 cm³/mol. The first-order chi connectivity index (χ1) is 9.06. The van der Waals surface area contributed by atoms with Gasteiger partial charge in [0, 0.05) is 18.2 Å². The maximum Gasteiger partial charge on any atom is 0.273 e. The van der Waals surface area contributed by atoms with Crippen LogP contribution in [0.5, 0.6) is 0 Å². The van der Waals surface area contributed by atoms with E-state index in [1.165, 1.54) is 12.1 Å². The lowest BCUT2D eigenvalue weighted by molar-refractivity contribution is 0.0940. The molecule has 1 aromatic carbocycles. The Hall–Kier alpha value is -2.17. The second-order valence-corrected chi connectivity index (χ2v) is 4.69. The van der Waals surface area contributed by atoms with Gasteiger partial charge in [0.25, 0.3) is 5.91 Å². The molecule has 1 heterocycles. The van der Waals surface area contributed by atoms with Crippen LogP contribution in [-0.2, 0) is 0 Å². The van der Waals surface area contributed by atoms with Gasteiger partial charge >= 0.3 is 0 Å². The van der Waals surface area contributed by atoms with Crippen LogP contribution in [0.2, 0.25) is 0 Å². The van der Waals surface area contributed by atoms with Crippen molar-refractivity contribution in [3.8, 4) is 11.3 Å². The number of hydrogen-bond donors (Lipinski definition) is 1. The van der Waals surface area contributed by atoms with Crippen LogP contribution in [0.25, 0.3) is 11.3 Å². The molecule has 0 bridgehead atoms. The minimum Gasteiger partial charge on any atom is -0.355 e. The highest BCUT2D eigenvalue weighted by Gasteiger charge is 2.13. The van der Waals surface area contributed by atoms with Gasteiger partial charge in [-0.25, -0.2) is 4.39 Å². The van der Waals surface area contributed by atoms with Crippen LogP contribution in [-0.4, -0.2) is 17.6 Å². The number of carbonyl (C=O) groups excluding carboxylic acids is 1. The molecule has 4 nitrogen and oxygen atoms in total.